The van der Waals surface area contributed by atoms with E-state index in [4.69, 9.17) is 0 Å². The Morgan fingerprint density at radius 1 is 1.40 bits per heavy atom. The number of hydrogen-bond donors (Lipinski definition) is 2. The maximum absolute atomic E-state index is 13.0. The number of aldehydes is 1. The van der Waals surface area contributed by atoms with Gasteiger partial charge >= 0.3 is 0 Å². The van der Waals surface area contributed by atoms with E-state index in [2.05, 4.69) is 10.6 Å². The van der Waals surface area contributed by atoms with Gasteiger partial charge in [0.2, 0.25) is 11.8 Å². The molecule has 2 rings (SSSR count). The van der Waals surface area contributed by atoms with Gasteiger partial charge in [0.25, 0.3) is 5.91 Å². The second-order valence-corrected chi connectivity index (χ2v) is 4.33. The van der Waals surface area contributed by atoms with Gasteiger partial charge in [0.05, 0.1) is 5.56 Å². The summed E-state index contributed by atoms with van der Waals surface area (Å²) in [5, 5.41) is 4.52. The van der Waals surface area contributed by atoms with Crippen LogP contribution in [0.15, 0.2) is 18.2 Å². The summed E-state index contributed by atoms with van der Waals surface area (Å²) < 4.78 is 13.0. The molecule has 0 radical (unpaired) electrons. The molecule has 104 valence electrons. The van der Waals surface area contributed by atoms with Gasteiger partial charge in [0.15, 0.2) is 6.29 Å². The van der Waals surface area contributed by atoms with Crippen molar-refractivity contribution in [1.82, 2.24) is 10.6 Å². The van der Waals surface area contributed by atoms with E-state index in [1.54, 1.807) is 0 Å². The number of benzene rings is 1. The number of carbonyl (C=O) groups excluding carboxylic acids is 4. The Balaban J connectivity index is 2.14. The second kappa shape index (κ2) is 5.60. The molecule has 1 atom stereocenters. The minimum atomic E-state index is -0.843. The summed E-state index contributed by atoms with van der Waals surface area (Å²) in [5.74, 6) is -2.29. The molecule has 0 aromatic heterocycles. The SMILES string of the molecule is O=Cc1cc(F)ccc1C(=O)NC1CCC(=O)NC1=O. The van der Waals surface area contributed by atoms with Crippen LogP contribution in [0.3, 0.4) is 0 Å². The standard InChI is InChI=1S/C13H11FN2O4/c14-8-1-2-9(7(5-8)6-17)12(19)15-10-3-4-11(18)16-13(10)20/h1-2,5-6,10H,3-4H2,(H,15,19)(H,16,18,20). The van der Waals surface area contributed by atoms with Crippen molar-refractivity contribution in [2.24, 2.45) is 0 Å². The van der Waals surface area contributed by atoms with Crippen LogP contribution in [0.2, 0.25) is 0 Å². The van der Waals surface area contributed by atoms with E-state index >= 15 is 0 Å². The van der Waals surface area contributed by atoms with Gasteiger partial charge in [-0.05, 0) is 24.6 Å². The van der Waals surface area contributed by atoms with Crippen LogP contribution in [0.1, 0.15) is 33.6 Å². The fourth-order valence-corrected chi connectivity index (χ4v) is 1.91. The quantitative estimate of drug-likeness (QED) is 0.609. The van der Waals surface area contributed by atoms with E-state index in [0.717, 1.165) is 12.1 Å². The molecular formula is C13H11FN2O4. The summed E-state index contributed by atoms with van der Waals surface area (Å²) in [7, 11) is 0. The smallest absolute Gasteiger partial charge is 0.252 e. The zero-order chi connectivity index (χ0) is 14.7. The third-order valence-electron chi connectivity index (χ3n) is 2.93. The van der Waals surface area contributed by atoms with E-state index in [0.29, 0.717) is 6.29 Å². The highest BCUT2D eigenvalue weighted by molar-refractivity contribution is 6.06. The summed E-state index contributed by atoms with van der Waals surface area (Å²) in [5.41, 5.74) is -0.124. The molecule has 2 N–H and O–H groups in total. The van der Waals surface area contributed by atoms with Crippen molar-refractivity contribution < 1.29 is 23.6 Å². The van der Waals surface area contributed by atoms with Crippen LogP contribution in [-0.4, -0.2) is 30.0 Å². The molecule has 7 heteroatoms. The summed E-state index contributed by atoms with van der Waals surface area (Å²) in [6, 6.07) is 2.31. The van der Waals surface area contributed by atoms with Gasteiger partial charge < -0.3 is 5.32 Å². The molecular weight excluding hydrogens is 267 g/mol. The average molecular weight is 278 g/mol. The van der Waals surface area contributed by atoms with Gasteiger partial charge in [-0.2, -0.15) is 0 Å². The van der Waals surface area contributed by atoms with Gasteiger partial charge in [-0.1, -0.05) is 0 Å². The first-order valence-corrected chi connectivity index (χ1v) is 5.90. The average Bonchev–Trinajstić information content (AvgIpc) is 2.41. The molecule has 1 aromatic carbocycles. The van der Waals surface area contributed by atoms with Gasteiger partial charge in [-0.25, -0.2) is 4.39 Å². The molecule has 1 aromatic rings. The number of imide groups is 1. The lowest BCUT2D eigenvalue weighted by molar-refractivity contribution is -0.134. The summed E-state index contributed by atoms with van der Waals surface area (Å²) in [4.78, 5) is 45.3. The molecule has 1 heterocycles. The van der Waals surface area contributed by atoms with Crippen molar-refractivity contribution in [3.63, 3.8) is 0 Å². The van der Waals surface area contributed by atoms with Crippen LogP contribution < -0.4 is 10.6 Å². The molecule has 3 amide bonds. The number of halogens is 1. The van der Waals surface area contributed by atoms with Crippen molar-refractivity contribution in [3.05, 3.63) is 35.1 Å². The summed E-state index contributed by atoms with van der Waals surface area (Å²) in [6.45, 7) is 0. The Bertz CT molecular complexity index is 600. The fourth-order valence-electron chi connectivity index (χ4n) is 1.91. The van der Waals surface area contributed by atoms with E-state index in [1.807, 2.05) is 0 Å². The first-order valence-electron chi connectivity index (χ1n) is 5.90. The first kappa shape index (κ1) is 13.9. The van der Waals surface area contributed by atoms with Crippen LogP contribution in [-0.2, 0) is 9.59 Å². The van der Waals surface area contributed by atoms with Crippen LogP contribution in [0.5, 0.6) is 0 Å². The van der Waals surface area contributed by atoms with Gasteiger partial charge in [0, 0.05) is 12.0 Å². The van der Waals surface area contributed by atoms with Gasteiger partial charge in [0.1, 0.15) is 11.9 Å². The largest absolute Gasteiger partial charge is 0.340 e. The Labute approximate surface area is 113 Å². The third-order valence-corrected chi connectivity index (χ3v) is 2.93. The number of nitrogens with one attached hydrogen (secondary N) is 2. The molecule has 0 saturated carbocycles. The van der Waals surface area contributed by atoms with E-state index in [1.165, 1.54) is 6.07 Å². The molecule has 1 saturated heterocycles. The molecule has 1 unspecified atom stereocenters. The van der Waals surface area contributed by atoms with Crippen molar-refractivity contribution in [2.45, 2.75) is 18.9 Å². The Hall–Kier alpha value is -2.57. The summed E-state index contributed by atoms with van der Waals surface area (Å²) in [6.07, 6.45) is 0.678. The molecule has 1 fully saturated rings. The number of rotatable bonds is 3. The predicted molar refractivity (Wildman–Crippen MR) is 65.4 cm³/mol. The van der Waals surface area contributed by atoms with Crippen LogP contribution in [0.25, 0.3) is 0 Å². The maximum Gasteiger partial charge on any atom is 0.252 e. The number of piperidine rings is 1. The predicted octanol–water partition coefficient (Wildman–Crippen LogP) is 0.173. The monoisotopic (exact) mass is 278 g/mol. The third kappa shape index (κ3) is 2.87. The highest BCUT2D eigenvalue weighted by atomic mass is 19.1. The van der Waals surface area contributed by atoms with Crippen LogP contribution in [0, 0.1) is 5.82 Å². The van der Waals surface area contributed by atoms with Crippen molar-refractivity contribution in [1.29, 1.82) is 0 Å². The highest BCUT2D eigenvalue weighted by Crippen LogP contribution is 2.11. The normalized spacial score (nSPS) is 18.4. The van der Waals surface area contributed by atoms with E-state index in [-0.39, 0.29) is 24.0 Å². The van der Waals surface area contributed by atoms with E-state index in [9.17, 15) is 23.6 Å². The van der Waals surface area contributed by atoms with Crippen molar-refractivity contribution in [2.75, 3.05) is 0 Å². The molecule has 0 aliphatic carbocycles. The van der Waals surface area contributed by atoms with Crippen LogP contribution in [0.4, 0.5) is 4.39 Å². The molecule has 1 aliphatic heterocycles. The Morgan fingerprint density at radius 2 is 2.15 bits per heavy atom. The summed E-state index contributed by atoms with van der Waals surface area (Å²) >= 11 is 0. The lowest BCUT2D eigenvalue weighted by Crippen LogP contribution is -2.52. The zero-order valence-corrected chi connectivity index (χ0v) is 10.3. The van der Waals surface area contributed by atoms with E-state index < -0.39 is 29.6 Å². The molecule has 6 nitrogen and oxygen atoms in total. The van der Waals surface area contributed by atoms with Crippen molar-refractivity contribution >= 4 is 24.0 Å². The van der Waals surface area contributed by atoms with Gasteiger partial charge in [-0.3, -0.25) is 24.5 Å². The maximum atomic E-state index is 13.0. The topological polar surface area (TPSA) is 92.3 Å². The number of amides is 3. The zero-order valence-electron chi connectivity index (χ0n) is 10.3. The Morgan fingerprint density at radius 3 is 2.80 bits per heavy atom. The highest BCUT2D eigenvalue weighted by Gasteiger charge is 2.28. The molecule has 0 spiro atoms. The van der Waals surface area contributed by atoms with Gasteiger partial charge in [-0.15, -0.1) is 0 Å². The number of carbonyl (C=O) groups is 4. The first-order chi connectivity index (χ1) is 9.51. The molecule has 20 heavy (non-hydrogen) atoms. The number of hydrogen-bond acceptors (Lipinski definition) is 4. The molecule has 0 bridgehead atoms. The van der Waals surface area contributed by atoms with Crippen LogP contribution >= 0.6 is 0 Å². The lowest BCUT2D eigenvalue weighted by Gasteiger charge is -2.22. The minimum Gasteiger partial charge on any atom is -0.340 e. The second-order valence-electron chi connectivity index (χ2n) is 4.33. The van der Waals surface area contributed by atoms with Crippen molar-refractivity contribution in [3.8, 4) is 0 Å². The lowest BCUT2D eigenvalue weighted by atomic mass is 10.0. The Kier molecular flexibility index (Phi) is 3.88. The minimum absolute atomic E-state index is 0.0221. The fraction of sp³-hybridized carbons (Fsp3) is 0.231. The molecule has 1 aliphatic rings.